The number of carbonyl (C=O) groups is 1. The van der Waals surface area contributed by atoms with Gasteiger partial charge in [-0.2, -0.15) is 0 Å². The molecule has 0 atom stereocenters. The van der Waals surface area contributed by atoms with Crippen molar-refractivity contribution in [3.8, 4) is 11.4 Å². The van der Waals surface area contributed by atoms with Crippen LogP contribution < -0.4 is 5.32 Å². The molecule has 0 saturated carbocycles. The van der Waals surface area contributed by atoms with Crippen LogP contribution in [0, 0.1) is 12.7 Å². The summed E-state index contributed by atoms with van der Waals surface area (Å²) in [6, 6.07) is 13.8. The number of anilines is 1. The first kappa shape index (κ1) is 17.2. The molecular formula is C18H17FN4OS. The van der Waals surface area contributed by atoms with Crippen molar-refractivity contribution in [1.29, 1.82) is 0 Å². The molecule has 1 N–H and O–H groups in total. The second-order valence-corrected chi connectivity index (χ2v) is 6.47. The van der Waals surface area contributed by atoms with E-state index in [1.807, 2.05) is 31.2 Å². The minimum Gasteiger partial charge on any atom is -0.325 e. The smallest absolute Gasteiger partial charge is 0.234 e. The molecule has 0 fully saturated rings. The number of halogens is 1. The van der Waals surface area contributed by atoms with Crippen LogP contribution in [0.1, 0.15) is 5.56 Å². The highest BCUT2D eigenvalue weighted by atomic mass is 32.2. The van der Waals surface area contributed by atoms with Crippen molar-refractivity contribution in [3.05, 3.63) is 59.9 Å². The highest BCUT2D eigenvalue weighted by molar-refractivity contribution is 7.99. The highest BCUT2D eigenvalue weighted by Gasteiger charge is 2.13. The van der Waals surface area contributed by atoms with Crippen LogP contribution in [-0.4, -0.2) is 26.4 Å². The van der Waals surface area contributed by atoms with Gasteiger partial charge in [-0.05, 0) is 30.7 Å². The van der Waals surface area contributed by atoms with E-state index in [0.717, 1.165) is 11.3 Å². The molecular weight excluding hydrogens is 339 g/mol. The fourth-order valence-corrected chi connectivity index (χ4v) is 3.06. The van der Waals surface area contributed by atoms with E-state index in [1.165, 1.54) is 23.9 Å². The van der Waals surface area contributed by atoms with Gasteiger partial charge in [0.05, 0.1) is 5.75 Å². The van der Waals surface area contributed by atoms with Gasteiger partial charge in [-0.1, -0.05) is 42.1 Å². The Bertz CT molecular complexity index is 910. The summed E-state index contributed by atoms with van der Waals surface area (Å²) in [6.45, 7) is 1.94. The Morgan fingerprint density at radius 2 is 2.00 bits per heavy atom. The van der Waals surface area contributed by atoms with E-state index in [1.54, 1.807) is 23.7 Å². The Balaban J connectivity index is 1.66. The Morgan fingerprint density at radius 1 is 1.20 bits per heavy atom. The van der Waals surface area contributed by atoms with Crippen molar-refractivity contribution in [3.63, 3.8) is 0 Å². The maximum atomic E-state index is 13.4. The third kappa shape index (κ3) is 4.06. The predicted molar refractivity (Wildman–Crippen MR) is 96.9 cm³/mol. The zero-order valence-electron chi connectivity index (χ0n) is 13.9. The van der Waals surface area contributed by atoms with E-state index in [9.17, 15) is 9.18 Å². The molecule has 1 heterocycles. The lowest BCUT2D eigenvalue weighted by molar-refractivity contribution is -0.113. The lowest BCUT2D eigenvalue weighted by Gasteiger charge is -2.08. The number of rotatable bonds is 5. The van der Waals surface area contributed by atoms with Gasteiger partial charge in [0.25, 0.3) is 0 Å². The lowest BCUT2D eigenvalue weighted by Crippen LogP contribution is -2.15. The molecule has 7 heteroatoms. The van der Waals surface area contributed by atoms with Crippen LogP contribution in [0.25, 0.3) is 11.4 Å². The second-order valence-electron chi connectivity index (χ2n) is 5.53. The Hall–Kier alpha value is -2.67. The maximum Gasteiger partial charge on any atom is 0.234 e. The van der Waals surface area contributed by atoms with Gasteiger partial charge in [0.2, 0.25) is 5.91 Å². The topological polar surface area (TPSA) is 59.8 Å². The van der Waals surface area contributed by atoms with Crippen LogP contribution in [0.5, 0.6) is 0 Å². The van der Waals surface area contributed by atoms with E-state index in [2.05, 4.69) is 15.5 Å². The first-order valence-electron chi connectivity index (χ1n) is 7.68. The van der Waals surface area contributed by atoms with Gasteiger partial charge < -0.3 is 9.88 Å². The molecule has 0 aliphatic heterocycles. The monoisotopic (exact) mass is 356 g/mol. The maximum absolute atomic E-state index is 13.4. The molecule has 3 aromatic rings. The lowest BCUT2D eigenvalue weighted by atomic mass is 10.2. The SMILES string of the molecule is Cc1ccccc1NC(=O)CSc1nnc(-c2cccc(F)c2)n1C. The summed E-state index contributed by atoms with van der Waals surface area (Å²) in [4.78, 5) is 12.1. The van der Waals surface area contributed by atoms with Gasteiger partial charge in [-0.3, -0.25) is 4.79 Å². The van der Waals surface area contributed by atoms with Gasteiger partial charge in [-0.15, -0.1) is 10.2 Å². The predicted octanol–water partition coefficient (Wildman–Crippen LogP) is 3.66. The average molecular weight is 356 g/mol. The third-order valence-corrected chi connectivity index (χ3v) is 4.69. The van der Waals surface area contributed by atoms with Crippen LogP contribution in [0.2, 0.25) is 0 Å². The molecule has 0 aliphatic rings. The summed E-state index contributed by atoms with van der Waals surface area (Å²) in [5, 5.41) is 11.7. The van der Waals surface area contributed by atoms with E-state index in [-0.39, 0.29) is 17.5 Å². The number of amides is 1. The second kappa shape index (κ2) is 7.48. The van der Waals surface area contributed by atoms with E-state index < -0.39 is 0 Å². The number of aryl methyl sites for hydroxylation is 1. The number of aromatic nitrogens is 3. The van der Waals surface area contributed by atoms with Crippen molar-refractivity contribution >= 4 is 23.4 Å². The number of hydrogen-bond acceptors (Lipinski definition) is 4. The number of nitrogens with zero attached hydrogens (tertiary/aromatic N) is 3. The molecule has 0 bridgehead atoms. The first-order valence-corrected chi connectivity index (χ1v) is 8.67. The Morgan fingerprint density at radius 3 is 2.76 bits per heavy atom. The van der Waals surface area contributed by atoms with Gasteiger partial charge in [-0.25, -0.2) is 4.39 Å². The summed E-state index contributed by atoms with van der Waals surface area (Å²) < 4.78 is 15.1. The molecule has 128 valence electrons. The van der Waals surface area contributed by atoms with Crippen molar-refractivity contribution in [2.45, 2.75) is 12.1 Å². The molecule has 0 unspecified atom stereocenters. The minimum absolute atomic E-state index is 0.116. The largest absolute Gasteiger partial charge is 0.325 e. The van der Waals surface area contributed by atoms with E-state index >= 15 is 0 Å². The van der Waals surface area contributed by atoms with Crippen molar-refractivity contribution < 1.29 is 9.18 Å². The molecule has 25 heavy (non-hydrogen) atoms. The van der Waals surface area contributed by atoms with Crippen LogP contribution in [0.4, 0.5) is 10.1 Å². The van der Waals surface area contributed by atoms with Crippen LogP contribution >= 0.6 is 11.8 Å². The molecule has 1 amide bonds. The fraction of sp³-hybridized carbons (Fsp3) is 0.167. The molecule has 1 aromatic heterocycles. The molecule has 5 nitrogen and oxygen atoms in total. The third-order valence-electron chi connectivity index (χ3n) is 3.67. The van der Waals surface area contributed by atoms with Crippen LogP contribution in [0.3, 0.4) is 0 Å². The van der Waals surface area contributed by atoms with Gasteiger partial charge in [0, 0.05) is 18.3 Å². The zero-order chi connectivity index (χ0) is 17.8. The van der Waals surface area contributed by atoms with Crippen LogP contribution in [-0.2, 0) is 11.8 Å². The van der Waals surface area contributed by atoms with Crippen molar-refractivity contribution in [2.24, 2.45) is 7.05 Å². The molecule has 0 saturated heterocycles. The number of benzene rings is 2. The number of para-hydroxylation sites is 1. The summed E-state index contributed by atoms with van der Waals surface area (Å²) in [5.41, 5.74) is 2.45. The highest BCUT2D eigenvalue weighted by Crippen LogP contribution is 2.23. The average Bonchev–Trinajstić information content (AvgIpc) is 2.96. The summed E-state index contributed by atoms with van der Waals surface area (Å²) in [6.07, 6.45) is 0. The van der Waals surface area contributed by atoms with Crippen molar-refractivity contribution in [1.82, 2.24) is 14.8 Å². The Labute approximate surface area is 149 Å². The minimum atomic E-state index is -0.327. The number of nitrogens with one attached hydrogen (secondary N) is 1. The van der Waals surface area contributed by atoms with Gasteiger partial charge in [0.15, 0.2) is 11.0 Å². The van der Waals surface area contributed by atoms with Crippen molar-refractivity contribution in [2.75, 3.05) is 11.1 Å². The fourth-order valence-electron chi connectivity index (χ4n) is 2.35. The Kier molecular flexibility index (Phi) is 5.14. The normalized spacial score (nSPS) is 10.7. The van der Waals surface area contributed by atoms with E-state index in [0.29, 0.717) is 16.5 Å². The number of thioether (sulfide) groups is 1. The van der Waals surface area contributed by atoms with Gasteiger partial charge >= 0.3 is 0 Å². The van der Waals surface area contributed by atoms with Crippen LogP contribution in [0.15, 0.2) is 53.7 Å². The molecule has 0 radical (unpaired) electrons. The summed E-state index contributed by atoms with van der Waals surface area (Å²) in [7, 11) is 1.79. The van der Waals surface area contributed by atoms with Gasteiger partial charge in [0.1, 0.15) is 5.82 Å². The standard InChI is InChI=1S/C18H17FN4OS/c1-12-6-3-4-9-15(12)20-16(24)11-25-18-22-21-17(23(18)2)13-7-5-8-14(19)10-13/h3-10H,11H2,1-2H3,(H,20,24). The number of hydrogen-bond donors (Lipinski definition) is 1. The molecule has 3 rings (SSSR count). The molecule has 0 aliphatic carbocycles. The summed E-state index contributed by atoms with van der Waals surface area (Å²) in [5.74, 6) is 0.326. The molecule has 2 aromatic carbocycles. The number of carbonyl (C=O) groups excluding carboxylic acids is 1. The zero-order valence-corrected chi connectivity index (χ0v) is 14.7. The summed E-state index contributed by atoms with van der Waals surface area (Å²) >= 11 is 1.28. The quantitative estimate of drug-likeness (QED) is 0.709. The first-order chi connectivity index (χ1) is 12.0. The van der Waals surface area contributed by atoms with E-state index in [4.69, 9.17) is 0 Å². The molecule has 0 spiro atoms.